The van der Waals surface area contributed by atoms with Crippen molar-refractivity contribution in [1.82, 2.24) is 10.6 Å². The summed E-state index contributed by atoms with van der Waals surface area (Å²) in [5.74, 6) is 0.726. The molecule has 22 heavy (non-hydrogen) atoms. The highest BCUT2D eigenvalue weighted by molar-refractivity contribution is 9.10. The number of halogens is 1. The Morgan fingerprint density at radius 1 is 1.36 bits per heavy atom. The van der Waals surface area contributed by atoms with Gasteiger partial charge in [0.1, 0.15) is 5.75 Å². The lowest BCUT2D eigenvalue weighted by Crippen LogP contribution is -2.37. The Morgan fingerprint density at radius 3 is 2.68 bits per heavy atom. The third-order valence-corrected chi connectivity index (χ3v) is 4.70. The van der Waals surface area contributed by atoms with Crippen LogP contribution in [0.4, 0.5) is 4.79 Å². The normalized spacial score (nSPS) is 11.8. The number of thiophene rings is 1. The minimum Gasteiger partial charge on any atom is -0.497 e. The molecule has 1 atom stereocenters. The maximum absolute atomic E-state index is 11.7. The average molecular weight is 385 g/mol. The van der Waals surface area contributed by atoms with Crippen LogP contribution in [0.2, 0.25) is 0 Å². The largest absolute Gasteiger partial charge is 0.497 e. The van der Waals surface area contributed by atoms with Crippen molar-refractivity contribution in [2.75, 3.05) is 13.7 Å². The van der Waals surface area contributed by atoms with Gasteiger partial charge >= 0.3 is 6.03 Å². The van der Waals surface area contributed by atoms with Gasteiger partial charge in [-0.05, 0) is 39.7 Å². The molecule has 0 radical (unpaired) electrons. The van der Waals surface area contributed by atoms with Crippen molar-refractivity contribution in [2.45, 2.75) is 12.6 Å². The smallest absolute Gasteiger partial charge is 0.315 e. The number of urea groups is 1. The molecule has 0 aliphatic carbocycles. The van der Waals surface area contributed by atoms with Crippen molar-refractivity contribution in [3.05, 3.63) is 50.6 Å². The summed E-state index contributed by atoms with van der Waals surface area (Å²) in [6.07, 6.45) is -0.757. The molecule has 1 aromatic heterocycles. The molecule has 0 spiro atoms. The number of ether oxygens (including phenoxy) is 1. The van der Waals surface area contributed by atoms with Gasteiger partial charge in [-0.2, -0.15) is 0 Å². The van der Waals surface area contributed by atoms with Crippen molar-refractivity contribution < 1.29 is 14.6 Å². The summed E-state index contributed by atoms with van der Waals surface area (Å²) in [6.45, 7) is 0.604. The van der Waals surface area contributed by atoms with E-state index in [1.165, 1.54) is 0 Å². The van der Waals surface area contributed by atoms with Crippen LogP contribution in [0.3, 0.4) is 0 Å². The minimum absolute atomic E-state index is 0.145. The number of carbonyl (C=O) groups excluding carboxylic acids is 1. The zero-order valence-corrected chi connectivity index (χ0v) is 14.4. The Hall–Kier alpha value is -1.57. The number of amides is 2. The fourth-order valence-electron chi connectivity index (χ4n) is 1.81. The Morgan fingerprint density at radius 2 is 2.09 bits per heavy atom. The van der Waals surface area contributed by atoms with Gasteiger partial charge in [0.05, 0.1) is 19.8 Å². The minimum atomic E-state index is -0.757. The molecule has 0 aliphatic rings. The summed E-state index contributed by atoms with van der Waals surface area (Å²) >= 11 is 4.93. The Kier molecular flexibility index (Phi) is 6.23. The second-order valence-electron chi connectivity index (χ2n) is 4.58. The molecule has 0 saturated carbocycles. The van der Waals surface area contributed by atoms with Crippen LogP contribution in [0.5, 0.6) is 5.75 Å². The number of nitrogens with one attached hydrogen (secondary N) is 2. The van der Waals surface area contributed by atoms with Gasteiger partial charge < -0.3 is 20.5 Å². The first kappa shape index (κ1) is 16.8. The average Bonchev–Trinajstić information content (AvgIpc) is 2.96. The third-order valence-electron chi connectivity index (χ3n) is 3.00. The highest BCUT2D eigenvalue weighted by atomic mass is 79.9. The van der Waals surface area contributed by atoms with E-state index in [1.807, 2.05) is 11.4 Å². The summed E-state index contributed by atoms with van der Waals surface area (Å²) in [7, 11) is 1.59. The van der Waals surface area contributed by atoms with Crippen molar-refractivity contribution in [3.8, 4) is 5.75 Å². The van der Waals surface area contributed by atoms with Crippen LogP contribution < -0.4 is 15.4 Å². The van der Waals surface area contributed by atoms with Gasteiger partial charge in [0.2, 0.25) is 0 Å². The number of carbonyl (C=O) groups is 1. The van der Waals surface area contributed by atoms with E-state index in [1.54, 1.807) is 42.7 Å². The third kappa shape index (κ3) is 5.01. The lowest BCUT2D eigenvalue weighted by atomic mass is 10.1. The predicted molar refractivity (Wildman–Crippen MR) is 90.2 cm³/mol. The monoisotopic (exact) mass is 384 g/mol. The molecule has 7 heteroatoms. The summed E-state index contributed by atoms with van der Waals surface area (Å²) in [4.78, 5) is 12.8. The molecule has 1 aromatic carbocycles. The fourth-order valence-corrected chi connectivity index (χ4v) is 3.20. The Bertz CT molecular complexity index is 616. The molecule has 2 amide bonds. The van der Waals surface area contributed by atoms with E-state index >= 15 is 0 Å². The molecule has 3 N–H and O–H groups in total. The Labute approximate surface area is 141 Å². The maximum atomic E-state index is 11.7. The second-order valence-corrected chi connectivity index (χ2v) is 6.50. The molecule has 2 rings (SSSR count). The topological polar surface area (TPSA) is 70.6 Å². The van der Waals surface area contributed by atoms with Gasteiger partial charge in [-0.3, -0.25) is 0 Å². The Balaban J connectivity index is 1.74. The van der Waals surface area contributed by atoms with E-state index in [0.717, 1.165) is 20.7 Å². The van der Waals surface area contributed by atoms with E-state index in [4.69, 9.17) is 4.74 Å². The maximum Gasteiger partial charge on any atom is 0.315 e. The van der Waals surface area contributed by atoms with Crippen molar-refractivity contribution in [3.63, 3.8) is 0 Å². The van der Waals surface area contributed by atoms with E-state index in [-0.39, 0.29) is 12.6 Å². The first-order valence-electron chi connectivity index (χ1n) is 6.65. The zero-order valence-electron chi connectivity index (χ0n) is 12.0. The van der Waals surface area contributed by atoms with Crippen LogP contribution in [0.15, 0.2) is 40.2 Å². The quantitative estimate of drug-likeness (QED) is 0.716. The predicted octanol–water partition coefficient (Wildman–Crippen LogP) is 3.05. The summed E-state index contributed by atoms with van der Waals surface area (Å²) in [5, 5.41) is 17.4. The van der Waals surface area contributed by atoms with Crippen LogP contribution in [0, 0.1) is 0 Å². The van der Waals surface area contributed by atoms with Gasteiger partial charge in [0, 0.05) is 21.3 Å². The number of aliphatic hydroxyl groups excluding tert-OH is 1. The molecular weight excluding hydrogens is 368 g/mol. The first-order chi connectivity index (χ1) is 10.6. The van der Waals surface area contributed by atoms with Crippen LogP contribution >= 0.6 is 27.3 Å². The van der Waals surface area contributed by atoms with Gasteiger partial charge in [-0.1, -0.05) is 12.1 Å². The molecule has 2 aromatic rings. The molecule has 118 valence electrons. The lowest BCUT2D eigenvalue weighted by Gasteiger charge is -2.13. The van der Waals surface area contributed by atoms with E-state index < -0.39 is 6.10 Å². The highest BCUT2D eigenvalue weighted by Gasteiger charge is 2.09. The number of aliphatic hydroxyl groups is 1. The molecule has 0 aliphatic heterocycles. The summed E-state index contributed by atoms with van der Waals surface area (Å²) in [5.41, 5.74) is 0.725. The molecular formula is C15H17BrN2O3S. The van der Waals surface area contributed by atoms with Crippen LogP contribution in [-0.2, 0) is 6.54 Å². The number of rotatable bonds is 6. The molecule has 1 unspecified atom stereocenters. The molecule has 5 nitrogen and oxygen atoms in total. The van der Waals surface area contributed by atoms with E-state index in [0.29, 0.717) is 6.54 Å². The summed E-state index contributed by atoms with van der Waals surface area (Å²) in [6, 6.07) is 8.73. The molecule has 0 fully saturated rings. The lowest BCUT2D eigenvalue weighted by molar-refractivity contribution is 0.173. The first-order valence-corrected chi connectivity index (χ1v) is 8.32. The number of hydrogen-bond donors (Lipinski definition) is 3. The van der Waals surface area contributed by atoms with Crippen LogP contribution in [0.1, 0.15) is 16.5 Å². The highest BCUT2D eigenvalue weighted by Crippen LogP contribution is 2.19. The zero-order chi connectivity index (χ0) is 15.9. The number of benzene rings is 1. The van der Waals surface area contributed by atoms with Crippen molar-refractivity contribution in [1.29, 1.82) is 0 Å². The SMILES string of the molecule is COc1ccc(C(O)CNC(=O)NCc2cc(Br)cs2)cc1. The summed E-state index contributed by atoms with van der Waals surface area (Å²) < 4.78 is 6.06. The number of methoxy groups -OCH3 is 1. The van der Waals surface area contributed by atoms with Crippen LogP contribution in [-0.4, -0.2) is 24.8 Å². The second kappa shape index (κ2) is 8.17. The van der Waals surface area contributed by atoms with Gasteiger partial charge in [0.25, 0.3) is 0 Å². The van der Waals surface area contributed by atoms with Crippen molar-refractivity contribution in [2.24, 2.45) is 0 Å². The molecule has 0 saturated heterocycles. The van der Waals surface area contributed by atoms with Gasteiger partial charge in [-0.25, -0.2) is 4.79 Å². The van der Waals surface area contributed by atoms with Gasteiger partial charge in [0.15, 0.2) is 0 Å². The standard InChI is InChI=1S/C15H17BrN2O3S/c1-21-12-4-2-10(3-5-12)14(19)8-18-15(20)17-7-13-6-11(16)9-22-13/h2-6,9,14,19H,7-8H2,1H3,(H2,17,18,20). The van der Waals surface area contributed by atoms with E-state index in [9.17, 15) is 9.90 Å². The number of hydrogen-bond acceptors (Lipinski definition) is 4. The van der Waals surface area contributed by atoms with Gasteiger partial charge in [-0.15, -0.1) is 11.3 Å². The fraction of sp³-hybridized carbons (Fsp3) is 0.267. The molecule has 1 heterocycles. The van der Waals surface area contributed by atoms with Crippen LogP contribution in [0.25, 0.3) is 0 Å². The van der Waals surface area contributed by atoms with E-state index in [2.05, 4.69) is 26.6 Å². The van der Waals surface area contributed by atoms with Crippen molar-refractivity contribution >= 4 is 33.3 Å². The molecule has 0 bridgehead atoms.